The van der Waals surface area contributed by atoms with Crippen molar-refractivity contribution in [2.75, 3.05) is 39.5 Å². The largest absolute Gasteiger partial charge is 0.497 e. The van der Waals surface area contributed by atoms with Crippen molar-refractivity contribution in [1.82, 2.24) is 13.8 Å². The van der Waals surface area contributed by atoms with E-state index in [1.165, 1.54) is 11.4 Å². The Morgan fingerprint density at radius 3 is 2.37 bits per heavy atom. The van der Waals surface area contributed by atoms with Crippen molar-refractivity contribution in [2.24, 2.45) is 0 Å². The first-order valence-corrected chi connectivity index (χ1v) is 11.3. The number of rotatable bonds is 8. The lowest BCUT2D eigenvalue weighted by atomic mass is 10.0. The van der Waals surface area contributed by atoms with Crippen molar-refractivity contribution in [2.45, 2.75) is 19.0 Å². The number of piperazine rings is 1. The van der Waals surface area contributed by atoms with E-state index < -0.39 is 28.0 Å². The highest BCUT2D eigenvalue weighted by atomic mass is 32.2. The minimum Gasteiger partial charge on any atom is -0.497 e. The molecule has 1 atom stereocenters. The summed E-state index contributed by atoms with van der Waals surface area (Å²) in [5.41, 5.74) is 1.24. The molecule has 0 saturated carbocycles. The molecule has 0 aliphatic carbocycles. The first kappa shape index (κ1) is 22.1. The van der Waals surface area contributed by atoms with E-state index in [1.807, 2.05) is 0 Å². The molecule has 1 saturated heterocycles. The summed E-state index contributed by atoms with van der Waals surface area (Å²) in [6, 6.07) is 4.27. The molecule has 0 radical (unpaired) electrons. The highest BCUT2D eigenvalue weighted by molar-refractivity contribution is 7.88. The van der Waals surface area contributed by atoms with Crippen LogP contribution in [-0.4, -0.2) is 83.9 Å². The third kappa shape index (κ3) is 4.58. The fourth-order valence-electron chi connectivity index (χ4n) is 3.83. The molecule has 2 N–H and O–H groups in total. The second-order valence-corrected chi connectivity index (χ2v) is 9.23. The molecular formula is C19H25N3O7S. The van der Waals surface area contributed by atoms with Gasteiger partial charge in [-0.1, -0.05) is 0 Å². The van der Waals surface area contributed by atoms with Crippen LogP contribution in [-0.2, 0) is 26.2 Å². The highest BCUT2D eigenvalue weighted by Gasteiger charge is 2.34. The molecule has 2 aromatic rings. The van der Waals surface area contributed by atoms with Crippen LogP contribution in [0, 0.1) is 0 Å². The van der Waals surface area contributed by atoms with Crippen LogP contribution in [0.5, 0.6) is 5.75 Å². The molecule has 1 aromatic heterocycles. The highest BCUT2D eigenvalue weighted by Crippen LogP contribution is 2.34. The van der Waals surface area contributed by atoms with E-state index in [2.05, 4.69) is 0 Å². The van der Waals surface area contributed by atoms with Crippen LogP contribution in [0.25, 0.3) is 10.9 Å². The standard InChI is InChI=1S/C19H25N3O7S/c1-29-13-3-4-16-14(11-13)15(12-21(16)6-5-17(23)24)18(19(25)26)20-7-9-22(10-8-20)30(2,27)28/h3-4,11-12,18H,5-10H2,1-2H3,(H,23,24)(H,25,26)/t18-/m0/s1. The summed E-state index contributed by atoms with van der Waals surface area (Å²) in [4.78, 5) is 25.0. The van der Waals surface area contributed by atoms with Crippen LogP contribution < -0.4 is 4.74 Å². The van der Waals surface area contributed by atoms with Crippen molar-refractivity contribution in [3.05, 3.63) is 30.0 Å². The van der Waals surface area contributed by atoms with Crippen LogP contribution in [0.4, 0.5) is 0 Å². The first-order chi connectivity index (χ1) is 14.1. The molecule has 1 aromatic carbocycles. The number of methoxy groups -OCH3 is 1. The van der Waals surface area contributed by atoms with E-state index in [4.69, 9.17) is 9.84 Å². The average molecular weight is 439 g/mol. The van der Waals surface area contributed by atoms with Crippen molar-refractivity contribution in [3.8, 4) is 5.75 Å². The molecule has 11 heteroatoms. The lowest BCUT2D eigenvalue weighted by molar-refractivity contribution is -0.144. The number of hydrogen-bond acceptors (Lipinski definition) is 6. The summed E-state index contributed by atoms with van der Waals surface area (Å²) < 4.78 is 31.9. The van der Waals surface area contributed by atoms with E-state index >= 15 is 0 Å². The van der Waals surface area contributed by atoms with E-state index in [0.717, 1.165) is 6.26 Å². The van der Waals surface area contributed by atoms with Crippen molar-refractivity contribution < 1.29 is 33.0 Å². The molecule has 0 spiro atoms. The van der Waals surface area contributed by atoms with Crippen LogP contribution in [0.1, 0.15) is 18.0 Å². The summed E-state index contributed by atoms with van der Waals surface area (Å²) in [7, 11) is -1.82. The number of sulfonamides is 1. The number of aromatic nitrogens is 1. The monoisotopic (exact) mass is 439 g/mol. The molecule has 0 bridgehead atoms. The predicted octanol–water partition coefficient (Wildman–Crippen LogP) is 0.828. The van der Waals surface area contributed by atoms with Gasteiger partial charge in [-0.2, -0.15) is 4.31 Å². The lowest BCUT2D eigenvalue weighted by Gasteiger charge is -2.36. The Kier molecular flexibility index (Phi) is 6.34. The molecule has 30 heavy (non-hydrogen) atoms. The summed E-state index contributed by atoms with van der Waals surface area (Å²) in [5.74, 6) is -1.44. The van der Waals surface area contributed by atoms with Crippen molar-refractivity contribution in [1.29, 1.82) is 0 Å². The normalized spacial score (nSPS) is 17.1. The number of carboxylic acid groups (broad SMARTS) is 2. The van der Waals surface area contributed by atoms with Gasteiger partial charge in [-0.25, -0.2) is 8.42 Å². The number of ether oxygens (including phenoxy) is 1. The van der Waals surface area contributed by atoms with Gasteiger partial charge in [0.1, 0.15) is 11.8 Å². The van der Waals surface area contributed by atoms with Crippen LogP contribution in [0.3, 0.4) is 0 Å². The maximum atomic E-state index is 12.2. The van der Waals surface area contributed by atoms with Gasteiger partial charge in [0.25, 0.3) is 0 Å². The Balaban J connectivity index is 2.00. The number of nitrogens with zero attached hydrogens (tertiary/aromatic N) is 3. The Labute approximate surface area is 174 Å². The van der Waals surface area contributed by atoms with Gasteiger partial charge >= 0.3 is 11.9 Å². The molecule has 1 fully saturated rings. The van der Waals surface area contributed by atoms with Crippen LogP contribution >= 0.6 is 0 Å². The Morgan fingerprint density at radius 2 is 1.83 bits per heavy atom. The molecule has 0 unspecified atom stereocenters. The molecule has 3 rings (SSSR count). The molecule has 1 aliphatic rings. The maximum Gasteiger partial charge on any atom is 0.325 e. The zero-order valence-corrected chi connectivity index (χ0v) is 17.6. The second-order valence-electron chi connectivity index (χ2n) is 7.24. The van der Waals surface area contributed by atoms with Gasteiger partial charge in [0, 0.05) is 55.4 Å². The topological polar surface area (TPSA) is 129 Å². The van der Waals surface area contributed by atoms with Crippen LogP contribution in [0.2, 0.25) is 0 Å². The van der Waals surface area contributed by atoms with Gasteiger partial charge in [0.05, 0.1) is 19.8 Å². The SMILES string of the molecule is COc1ccc2c(c1)c([C@@H](C(=O)O)N1CCN(S(C)(=O)=O)CC1)cn2CCC(=O)O. The predicted molar refractivity (Wildman–Crippen MR) is 109 cm³/mol. The molecule has 10 nitrogen and oxygen atoms in total. The summed E-state index contributed by atoms with van der Waals surface area (Å²) in [6.45, 7) is 1.17. The van der Waals surface area contributed by atoms with E-state index in [1.54, 1.807) is 33.9 Å². The first-order valence-electron chi connectivity index (χ1n) is 9.42. The van der Waals surface area contributed by atoms with E-state index in [0.29, 0.717) is 22.2 Å². The van der Waals surface area contributed by atoms with Crippen molar-refractivity contribution >= 4 is 32.9 Å². The Morgan fingerprint density at radius 1 is 1.17 bits per heavy atom. The molecule has 1 aliphatic heterocycles. The number of aryl methyl sites for hydroxylation is 1. The third-order valence-corrected chi connectivity index (χ3v) is 6.62. The second kappa shape index (κ2) is 8.62. The number of carbonyl (C=O) groups is 2. The van der Waals surface area contributed by atoms with Gasteiger partial charge < -0.3 is 19.5 Å². The van der Waals surface area contributed by atoms with E-state index in [-0.39, 0.29) is 39.1 Å². The van der Waals surface area contributed by atoms with Gasteiger partial charge in [0.2, 0.25) is 10.0 Å². The van der Waals surface area contributed by atoms with Crippen molar-refractivity contribution in [3.63, 3.8) is 0 Å². The maximum absolute atomic E-state index is 12.2. The Hall–Kier alpha value is -2.63. The minimum atomic E-state index is -3.33. The number of benzene rings is 1. The van der Waals surface area contributed by atoms with E-state index in [9.17, 15) is 23.1 Å². The molecule has 2 heterocycles. The smallest absolute Gasteiger partial charge is 0.325 e. The minimum absolute atomic E-state index is 0.0972. The van der Waals surface area contributed by atoms with Gasteiger partial charge in [-0.3, -0.25) is 14.5 Å². The molecule has 0 amide bonds. The summed E-state index contributed by atoms with van der Waals surface area (Å²) in [6.07, 6.45) is 2.72. The number of hydrogen-bond donors (Lipinski definition) is 2. The van der Waals surface area contributed by atoms with Gasteiger partial charge in [-0.05, 0) is 18.2 Å². The van der Waals surface area contributed by atoms with Crippen LogP contribution in [0.15, 0.2) is 24.4 Å². The summed E-state index contributed by atoms with van der Waals surface area (Å²) >= 11 is 0. The fourth-order valence-corrected chi connectivity index (χ4v) is 4.66. The zero-order valence-electron chi connectivity index (χ0n) is 16.8. The Bertz CT molecular complexity index is 1060. The number of fused-ring (bicyclic) bond motifs is 1. The average Bonchev–Trinajstić information content (AvgIpc) is 3.03. The van der Waals surface area contributed by atoms with Gasteiger partial charge in [0.15, 0.2) is 0 Å². The summed E-state index contributed by atoms with van der Waals surface area (Å²) in [5, 5.41) is 19.7. The number of carboxylic acids is 2. The molecular weight excluding hydrogens is 414 g/mol. The zero-order chi connectivity index (χ0) is 22.1. The number of aliphatic carboxylic acids is 2. The molecule has 164 valence electrons. The van der Waals surface area contributed by atoms with Gasteiger partial charge in [-0.15, -0.1) is 0 Å². The fraction of sp³-hybridized carbons (Fsp3) is 0.474. The quantitative estimate of drug-likeness (QED) is 0.619. The third-order valence-electron chi connectivity index (χ3n) is 5.32. The lowest BCUT2D eigenvalue weighted by Crippen LogP contribution is -2.50.